The summed E-state index contributed by atoms with van der Waals surface area (Å²) in [7, 11) is 0. The lowest BCUT2D eigenvalue weighted by Crippen LogP contribution is -2.26. The molecule has 2 N–H and O–H groups in total. The van der Waals surface area contributed by atoms with Gasteiger partial charge in [0.2, 0.25) is 0 Å². The molecule has 0 radical (unpaired) electrons. The van der Waals surface area contributed by atoms with Crippen LogP contribution in [0.1, 0.15) is 65.1 Å². The molecule has 1 aliphatic carbocycles. The van der Waals surface area contributed by atoms with Crippen LogP contribution in [0.15, 0.2) is 65.9 Å². The minimum absolute atomic E-state index is 0.0799. The van der Waals surface area contributed by atoms with Gasteiger partial charge in [-0.25, -0.2) is 4.79 Å². The van der Waals surface area contributed by atoms with E-state index < -0.39 is 5.97 Å². The summed E-state index contributed by atoms with van der Waals surface area (Å²) in [6.45, 7) is 0.389. The van der Waals surface area contributed by atoms with Crippen LogP contribution in [0.4, 0.5) is 0 Å². The first kappa shape index (κ1) is 26.5. The van der Waals surface area contributed by atoms with E-state index in [1.54, 1.807) is 12.1 Å². The Bertz CT molecular complexity index is 1200. The Labute approximate surface area is 221 Å². The average Bonchev–Trinajstić information content (AvgIpc) is 3.74. The number of aromatic hydroxyl groups is 1. The summed E-state index contributed by atoms with van der Waals surface area (Å²) >= 11 is 6.52. The number of halogens is 1. The zero-order chi connectivity index (χ0) is 26.0. The molecule has 0 atom stereocenters. The number of hydrogen-bond acceptors (Lipinski definition) is 6. The molecule has 2 aromatic carbocycles. The maximum Gasteiger partial charge on any atom is 0.338 e. The monoisotopic (exact) mass is 522 g/mol. The standard InChI is InChI=1S/C29H31ClN2O5/c30-28-24-16-22(32-37-19-26(34)31-18-20-10-6-5-7-11-20)12-8-3-1-2-4-9-15-36-29(35)27(24)23(17-25(28)33)21-13-14-21/h2,4-8,10-12,17,21,33H,1,3,9,13-16,18-19H2,(H,31,34)/b4-2+,12-8+,32-22-. The molecule has 1 fully saturated rings. The molecule has 37 heavy (non-hydrogen) atoms. The molecule has 194 valence electrons. The van der Waals surface area contributed by atoms with Crippen LogP contribution in [0.2, 0.25) is 5.02 Å². The van der Waals surface area contributed by atoms with Gasteiger partial charge in [0, 0.05) is 13.0 Å². The molecule has 1 heterocycles. The first-order valence-corrected chi connectivity index (χ1v) is 12.9. The van der Waals surface area contributed by atoms with E-state index >= 15 is 0 Å². The topological polar surface area (TPSA) is 97.2 Å². The van der Waals surface area contributed by atoms with E-state index in [9.17, 15) is 14.7 Å². The Morgan fingerprint density at radius 3 is 2.68 bits per heavy atom. The molecule has 1 aliphatic heterocycles. The Hall–Kier alpha value is -3.58. The number of carbonyl (C=O) groups excluding carboxylic acids is 2. The second-order valence-corrected chi connectivity index (χ2v) is 9.48. The van der Waals surface area contributed by atoms with Gasteiger partial charge in [0.25, 0.3) is 5.91 Å². The summed E-state index contributed by atoms with van der Waals surface area (Å²) in [5.41, 5.74) is 3.03. The maximum atomic E-state index is 13.2. The second kappa shape index (κ2) is 13.1. The number of phenolic OH excluding ortho intramolecular Hbond substituents is 1. The van der Waals surface area contributed by atoms with Crippen molar-refractivity contribution in [2.75, 3.05) is 13.2 Å². The van der Waals surface area contributed by atoms with Gasteiger partial charge >= 0.3 is 5.97 Å². The molecule has 1 saturated carbocycles. The van der Waals surface area contributed by atoms with Gasteiger partial charge in [-0.3, -0.25) is 4.79 Å². The summed E-state index contributed by atoms with van der Waals surface area (Å²) in [4.78, 5) is 30.8. The number of phenols is 1. The fourth-order valence-corrected chi connectivity index (χ4v) is 4.32. The van der Waals surface area contributed by atoms with Crippen molar-refractivity contribution in [2.45, 2.75) is 51.0 Å². The highest BCUT2D eigenvalue weighted by atomic mass is 35.5. The molecule has 7 nitrogen and oxygen atoms in total. The Morgan fingerprint density at radius 1 is 1.14 bits per heavy atom. The third-order valence-corrected chi connectivity index (χ3v) is 6.58. The van der Waals surface area contributed by atoms with Crippen molar-refractivity contribution in [1.29, 1.82) is 0 Å². The number of carbonyl (C=O) groups is 2. The fraction of sp³-hybridized carbons (Fsp3) is 0.345. The minimum atomic E-state index is -0.464. The maximum absolute atomic E-state index is 13.2. The van der Waals surface area contributed by atoms with Crippen molar-refractivity contribution in [3.63, 3.8) is 0 Å². The first-order chi connectivity index (χ1) is 18.0. The molecule has 0 saturated heterocycles. The van der Waals surface area contributed by atoms with Crippen LogP contribution in [0, 0.1) is 0 Å². The van der Waals surface area contributed by atoms with Crippen LogP contribution in [-0.2, 0) is 27.3 Å². The molecule has 1 amide bonds. The van der Waals surface area contributed by atoms with Crippen molar-refractivity contribution in [3.8, 4) is 5.75 Å². The summed E-state index contributed by atoms with van der Waals surface area (Å²) < 4.78 is 5.57. The van der Waals surface area contributed by atoms with Crippen LogP contribution in [-0.4, -0.2) is 35.9 Å². The number of allylic oxidation sites excluding steroid dienone is 3. The summed E-state index contributed by atoms with van der Waals surface area (Å²) in [6.07, 6.45) is 12.0. The predicted molar refractivity (Wildman–Crippen MR) is 143 cm³/mol. The minimum Gasteiger partial charge on any atom is -0.506 e. The van der Waals surface area contributed by atoms with E-state index in [0.717, 1.165) is 36.8 Å². The van der Waals surface area contributed by atoms with Gasteiger partial charge in [-0.05, 0) is 66.9 Å². The normalized spacial score (nSPS) is 19.3. The highest BCUT2D eigenvalue weighted by Gasteiger charge is 2.33. The summed E-state index contributed by atoms with van der Waals surface area (Å²) in [5, 5.41) is 17.6. The number of nitrogens with one attached hydrogen (secondary N) is 1. The summed E-state index contributed by atoms with van der Waals surface area (Å²) in [6, 6.07) is 11.2. The van der Waals surface area contributed by atoms with Crippen LogP contribution < -0.4 is 5.32 Å². The molecular formula is C29H31ClN2O5. The Kier molecular flexibility index (Phi) is 9.38. The van der Waals surface area contributed by atoms with Crippen molar-refractivity contribution in [2.24, 2.45) is 5.16 Å². The molecule has 8 heteroatoms. The number of ether oxygens (including phenoxy) is 1. The van der Waals surface area contributed by atoms with Gasteiger partial charge in [-0.15, -0.1) is 0 Å². The van der Waals surface area contributed by atoms with Gasteiger partial charge < -0.3 is 20.0 Å². The van der Waals surface area contributed by atoms with Crippen LogP contribution in [0.5, 0.6) is 5.75 Å². The largest absolute Gasteiger partial charge is 0.506 e. The molecule has 2 aliphatic rings. The first-order valence-electron chi connectivity index (χ1n) is 12.5. The van der Waals surface area contributed by atoms with Crippen molar-refractivity contribution >= 4 is 29.2 Å². The number of amides is 1. The number of cyclic esters (lactones) is 1. The number of oxime groups is 1. The quantitative estimate of drug-likeness (QED) is 0.292. The number of nitrogens with zero attached hydrogens (tertiary/aromatic N) is 1. The Morgan fingerprint density at radius 2 is 1.89 bits per heavy atom. The number of esters is 1. The number of fused-ring (bicyclic) bond motifs is 1. The van der Waals surface area contributed by atoms with E-state index in [-0.39, 0.29) is 42.2 Å². The molecule has 0 bridgehead atoms. The van der Waals surface area contributed by atoms with Crippen molar-refractivity contribution in [1.82, 2.24) is 5.32 Å². The molecule has 0 spiro atoms. The van der Waals surface area contributed by atoms with E-state index in [1.165, 1.54) is 0 Å². The van der Waals surface area contributed by atoms with E-state index in [1.807, 2.05) is 48.6 Å². The van der Waals surface area contributed by atoms with Crippen molar-refractivity contribution in [3.05, 3.63) is 88.0 Å². The molecular weight excluding hydrogens is 492 g/mol. The smallest absolute Gasteiger partial charge is 0.338 e. The number of hydrogen-bond donors (Lipinski definition) is 2. The molecule has 2 aromatic rings. The lowest BCUT2D eigenvalue weighted by atomic mass is 9.93. The third kappa shape index (κ3) is 7.70. The summed E-state index contributed by atoms with van der Waals surface area (Å²) in [5.74, 6) is -0.667. The van der Waals surface area contributed by atoms with E-state index in [2.05, 4.69) is 10.5 Å². The highest BCUT2D eigenvalue weighted by Crippen LogP contribution is 2.46. The van der Waals surface area contributed by atoms with Gasteiger partial charge in [-0.2, -0.15) is 0 Å². The van der Waals surface area contributed by atoms with Crippen LogP contribution >= 0.6 is 11.6 Å². The predicted octanol–water partition coefficient (Wildman–Crippen LogP) is 5.61. The number of rotatable bonds is 6. The number of benzene rings is 2. The molecule has 0 aromatic heterocycles. The highest BCUT2D eigenvalue weighted by molar-refractivity contribution is 6.33. The van der Waals surface area contributed by atoms with Crippen LogP contribution in [0.25, 0.3) is 0 Å². The van der Waals surface area contributed by atoms with Gasteiger partial charge in [0.15, 0.2) is 6.61 Å². The van der Waals surface area contributed by atoms with Crippen LogP contribution in [0.3, 0.4) is 0 Å². The third-order valence-electron chi connectivity index (χ3n) is 6.16. The lowest BCUT2D eigenvalue weighted by Gasteiger charge is -2.17. The van der Waals surface area contributed by atoms with E-state index in [0.29, 0.717) is 29.8 Å². The lowest BCUT2D eigenvalue weighted by molar-refractivity contribution is -0.125. The van der Waals surface area contributed by atoms with Gasteiger partial charge in [-0.1, -0.05) is 65.3 Å². The van der Waals surface area contributed by atoms with E-state index in [4.69, 9.17) is 21.2 Å². The zero-order valence-electron chi connectivity index (χ0n) is 20.6. The van der Waals surface area contributed by atoms with Crippen molar-refractivity contribution < 1.29 is 24.3 Å². The molecule has 0 unspecified atom stereocenters. The Balaban J connectivity index is 1.55. The van der Waals surface area contributed by atoms with Gasteiger partial charge in [0.1, 0.15) is 5.75 Å². The average molecular weight is 523 g/mol. The SMILES string of the molecule is O=C(CO/N=C1/C=C/CC/C=C/CCOC(=O)c2c(C3CC3)cc(O)c(Cl)c2C1)NCc1ccccc1. The fourth-order valence-electron chi connectivity index (χ4n) is 4.11. The zero-order valence-corrected chi connectivity index (χ0v) is 21.4. The molecule has 4 rings (SSSR count). The second-order valence-electron chi connectivity index (χ2n) is 9.10. The van der Waals surface area contributed by atoms with Gasteiger partial charge in [0.05, 0.1) is 22.9 Å².